The van der Waals surface area contributed by atoms with Crippen LogP contribution in [0.3, 0.4) is 0 Å². The number of hydrogen-bond donors (Lipinski definition) is 1. The number of nitrogens with zero attached hydrogens (tertiary/aromatic N) is 1. The molecule has 0 radical (unpaired) electrons. The Morgan fingerprint density at radius 2 is 2.25 bits per heavy atom. The number of rotatable bonds is 1. The van der Waals surface area contributed by atoms with Crippen LogP contribution in [0.2, 0.25) is 0 Å². The molecular formula is C12H19FN2O. The van der Waals surface area contributed by atoms with Gasteiger partial charge in [0.1, 0.15) is 6.10 Å². The molecule has 0 aromatic rings. The van der Waals surface area contributed by atoms with Crippen molar-refractivity contribution >= 4 is 0 Å². The normalized spacial score (nSPS) is 39.8. The van der Waals surface area contributed by atoms with E-state index in [1.807, 2.05) is 25.2 Å². The van der Waals surface area contributed by atoms with E-state index in [1.54, 1.807) is 11.8 Å². The highest BCUT2D eigenvalue weighted by molar-refractivity contribution is 5.25. The van der Waals surface area contributed by atoms with Crippen molar-refractivity contribution in [3.8, 4) is 0 Å². The van der Waals surface area contributed by atoms with Gasteiger partial charge in [-0.05, 0) is 26.3 Å². The van der Waals surface area contributed by atoms with Gasteiger partial charge in [-0.2, -0.15) is 0 Å². The van der Waals surface area contributed by atoms with Crippen LogP contribution in [0.15, 0.2) is 23.9 Å². The van der Waals surface area contributed by atoms with Crippen LogP contribution in [0.5, 0.6) is 0 Å². The molecule has 2 rings (SSSR count). The molecule has 1 fully saturated rings. The van der Waals surface area contributed by atoms with E-state index in [4.69, 9.17) is 10.5 Å². The van der Waals surface area contributed by atoms with Gasteiger partial charge < -0.3 is 15.4 Å². The number of nitrogens with two attached hydrogens (primary N) is 1. The average Bonchev–Trinajstić information content (AvgIpc) is 2.25. The van der Waals surface area contributed by atoms with Gasteiger partial charge >= 0.3 is 0 Å². The lowest BCUT2D eigenvalue weighted by atomic mass is 10.1. The zero-order valence-corrected chi connectivity index (χ0v) is 9.77. The van der Waals surface area contributed by atoms with Gasteiger partial charge in [-0.1, -0.05) is 12.2 Å². The third-order valence-electron chi connectivity index (χ3n) is 3.03. The topological polar surface area (TPSA) is 38.5 Å². The maximum absolute atomic E-state index is 14.0. The molecule has 3 nitrogen and oxygen atoms in total. The zero-order chi connectivity index (χ0) is 11.7. The molecule has 16 heavy (non-hydrogen) atoms. The van der Waals surface area contributed by atoms with Crippen LogP contribution in [0.1, 0.15) is 20.3 Å². The fraction of sp³-hybridized carbons (Fsp3) is 0.667. The fourth-order valence-corrected chi connectivity index (χ4v) is 2.19. The SMILES string of the molecule is CC1CN(C2=CCC(N)C=C2)C(F)C(C)O1. The molecule has 0 bridgehead atoms. The van der Waals surface area contributed by atoms with Crippen molar-refractivity contribution in [2.24, 2.45) is 5.73 Å². The lowest BCUT2D eigenvalue weighted by molar-refractivity contribution is -0.132. The largest absolute Gasteiger partial charge is 0.369 e. The van der Waals surface area contributed by atoms with E-state index < -0.39 is 6.30 Å². The lowest BCUT2D eigenvalue weighted by Crippen LogP contribution is -2.50. The van der Waals surface area contributed by atoms with Crippen LogP contribution < -0.4 is 5.73 Å². The van der Waals surface area contributed by atoms with Crippen LogP contribution in [-0.4, -0.2) is 36.0 Å². The number of halogens is 1. The first-order valence-electron chi connectivity index (χ1n) is 5.78. The number of morpholine rings is 1. The van der Waals surface area contributed by atoms with Crippen molar-refractivity contribution in [3.63, 3.8) is 0 Å². The van der Waals surface area contributed by atoms with Crippen molar-refractivity contribution in [1.29, 1.82) is 0 Å². The number of ether oxygens (including phenoxy) is 1. The van der Waals surface area contributed by atoms with E-state index in [9.17, 15) is 4.39 Å². The molecule has 1 aliphatic carbocycles. The first-order valence-corrected chi connectivity index (χ1v) is 5.78. The predicted molar refractivity (Wildman–Crippen MR) is 61.4 cm³/mol. The van der Waals surface area contributed by atoms with Gasteiger partial charge in [0, 0.05) is 18.3 Å². The monoisotopic (exact) mass is 226 g/mol. The Bertz CT molecular complexity index is 316. The summed E-state index contributed by atoms with van der Waals surface area (Å²) in [7, 11) is 0. The molecule has 2 aliphatic rings. The Balaban J connectivity index is 2.11. The van der Waals surface area contributed by atoms with E-state index in [2.05, 4.69) is 0 Å². The minimum absolute atomic E-state index is 0.0619. The second-order valence-corrected chi connectivity index (χ2v) is 4.56. The number of hydrogen-bond acceptors (Lipinski definition) is 3. The van der Waals surface area contributed by atoms with E-state index >= 15 is 0 Å². The molecule has 0 aromatic heterocycles. The molecule has 1 heterocycles. The molecule has 1 saturated heterocycles. The van der Waals surface area contributed by atoms with E-state index in [-0.39, 0.29) is 18.2 Å². The van der Waals surface area contributed by atoms with Crippen molar-refractivity contribution in [1.82, 2.24) is 4.90 Å². The number of alkyl halides is 1. The summed E-state index contributed by atoms with van der Waals surface area (Å²) in [4.78, 5) is 1.77. The third-order valence-corrected chi connectivity index (χ3v) is 3.03. The maximum Gasteiger partial charge on any atom is 0.198 e. The van der Waals surface area contributed by atoms with Gasteiger partial charge in [0.15, 0.2) is 6.30 Å². The smallest absolute Gasteiger partial charge is 0.198 e. The standard InChI is InChI=1S/C12H19FN2O/c1-8-7-15(12(13)9(2)16-8)11-5-3-10(14)4-6-11/h3,5-6,8-10,12H,4,7,14H2,1-2H3. The summed E-state index contributed by atoms with van der Waals surface area (Å²) < 4.78 is 19.4. The highest BCUT2D eigenvalue weighted by Gasteiger charge is 2.33. The minimum Gasteiger partial charge on any atom is -0.369 e. The third kappa shape index (κ3) is 2.28. The van der Waals surface area contributed by atoms with Gasteiger partial charge in [-0.25, -0.2) is 4.39 Å². The number of allylic oxidation sites excluding steroid dienone is 1. The quantitative estimate of drug-likeness (QED) is 0.690. The summed E-state index contributed by atoms with van der Waals surface area (Å²) in [5.74, 6) is 0. The summed E-state index contributed by atoms with van der Waals surface area (Å²) in [5.41, 5.74) is 6.67. The summed E-state index contributed by atoms with van der Waals surface area (Å²) >= 11 is 0. The van der Waals surface area contributed by atoms with Crippen molar-refractivity contribution in [3.05, 3.63) is 23.9 Å². The van der Waals surface area contributed by atoms with Crippen LogP contribution in [0, 0.1) is 0 Å². The summed E-state index contributed by atoms with van der Waals surface area (Å²) in [6, 6.07) is 0.0673. The molecule has 0 saturated carbocycles. The molecule has 0 aromatic carbocycles. The van der Waals surface area contributed by atoms with Gasteiger partial charge in [0.2, 0.25) is 0 Å². The summed E-state index contributed by atoms with van der Waals surface area (Å²) in [5, 5.41) is 0. The Kier molecular flexibility index (Phi) is 3.30. The summed E-state index contributed by atoms with van der Waals surface area (Å²) in [6.45, 7) is 4.33. The highest BCUT2D eigenvalue weighted by atomic mass is 19.1. The minimum atomic E-state index is -1.07. The second-order valence-electron chi connectivity index (χ2n) is 4.56. The van der Waals surface area contributed by atoms with Crippen LogP contribution in [0.25, 0.3) is 0 Å². The Labute approximate surface area is 95.7 Å². The van der Waals surface area contributed by atoms with Gasteiger partial charge in [-0.15, -0.1) is 0 Å². The van der Waals surface area contributed by atoms with Crippen molar-refractivity contribution in [2.45, 2.75) is 44.8 Å². The van der Waals surface area contributed by atoms with Gasteiger partial charge in [0.25, 0.3) is 0 Å². The highest BCUT2D eigenvalue weighted by Crippen LogP contribution is 2.25. The maximum atomic E-state index is 14.0. The Morgan fingerprint density at radius 1 is 1.50 bits per heavy atom. The zero-order valence-electron chi connectivity index (χ0n) is 9.77. The summed E-state index contributed by atoms with van der Waals surface area (Å²) in [6.07, 6.45) is 5.22. The molecule has 1 aliphatic heterocycles. The molecule has 4 unspecified atom stereocenters. The van der Waals surface area contributed by atoms with Crippen LogP contribution >= 0.6 is 0 Å². The molecule has 0 spiro atoms. The average molecular weight is 226 g/mol. The fourth-order valence-electron chi connectivity index (χ4n) is 2.19. The van der Waals surface area contributed by atoms with Crippen LogP contribution in [0.4, 0.5) is 4.39 Å². The molecule has 0 amide bonds. The van der Waals surface area contributed by atoms with E-state index in [0.29, 0.717) is 6.54 Å². The van der Waals surface area contributed by atoms with Crippen molar-refractivity contribution < 1.29 is 9.13 Å². The van der Waals surface area contributed by atoms with Gasteiger partial charge in [0.05, 0.1) is 6.10 Å². The molecular weight excluding hydrogens is 207 g/mol. The Hall–Kier alpha value is -0.870. The van der Waals surface area contributed by atoms with E-state index in [0.717, 1.165) is 12.1 Å². The molecule has 90 valence electrons. The molecule has 4 heteroatoms. The van der Waals surface area contributed by atoms with Crippen molar-refractivity contribution in [2.75, 3.05) is 6.54 Å². The van der Waals surface area contributed by atoms with Crippen LogP contribution in [-0.2, 0) is 4.74 Å². The predicted octanol–water partition coefficient (Wildman–Crippen LogP) is 1.56. The molecule has 4 atom stereocenters. The van der Waals surface area contributed by atoms with E-state index in [1.165, 1.54) is 0 Å². The second kappa shape index (κ2) is 4.55. The first-order chi connectivity index (χ1) is 7.58. The lowest BCUT2D eigenvalue weighted by Gasteiger charge is -2.41. The molecule has 2 N–H and O–H groups in total. The first kappa shape index (κ1) is 11.6. The Morgan fingerprint density at radius 3 is 2.88 bits per heavy atom. The van der Waals surface area contributed by atoms with Gasteiger partial charge in [-0.3, -0.25) is 0 Å².